The smallest absolute Gasteiger partial charge is 0.329 e. The molecule has 1 aromatic heterocycles. The minimum absolute atomic E-state index is 0.230. The van der Waals surface area contributed by atoms with Crippen LogP contribution in [0.4, 0.5) is 0 Å². The monoisotopic (exact) mass is 234 g/mol. The van der Waals surface area contributed by atoms with Gasteiger partial charge < -0.3 is 9.47 Å². The lowest BCUT2D eigenvalue weighted by molar-refractivity contribution is -0.143. The van der Waals surface area contributed by atoms with Gasteiger partial charge in [0.1, 0.15) is 11.4 Å². The van der Waals surface area contributed by atoms with E-state index in [1.807, 2.05) is 13.0 Å². The van der Waals surface area contributed by atoms with Crippen LogP contribution in [0.25, 0.3) is 0 Å². The minimum Gasteiger partial charge on any atom is -0.492 e. The van der Waals surface area contributed by atoms with Crippen molar-refractivity contribution in [2.45, 2.75) is 19.8 Å². The summed E-state index contributed by atoms with van der Waals surface area (Å²) in [5.41, 5.74) is 0.301. The van der Waals surface area contributed by atoms with Gasteiger partial charge >= 0.3 is 5.97 Å². The van der Waals surface area contributed by atoms with Crippen molar-refractivity contribution < 1.29 is 14.3 Å². The van der Waals surface area contributed by atoms with Crippen molar-refractivity contribution in [3.8, 4) is 11.8 Å². The quantitative estimate of drug-likeness (QED) is 0.724. The summed E-state index contributed by atoms with van der Waals surface area (Å²) in [5, 5.41) is 9.02. The van der Waals surface area contributed by atoms with E-state index >= 15 is 0 Å². The molecule has 0 N–H and O–H groups in total. The molecule has 0 aliphatic rings. The lowest BCUT2D eigenvalue weighted by Gasteiger charge is -2.12. The first-order valence-electron chi connectivity index (χ1n) is 5.38. The van der Waals surface area contributed by atoms with E-state index in [9.17, 15) is 4.79 Å². The summed E-state index contributed by atoms with van der Waals surface area (Å²) in [6, 6.07) is 5.25. The molecule has 0 fully saturated rings. The molecule has 0 amide bonds. The first kappa shape index (κ1) is 13.0. The van der Waals surface area contributed by atoms with Gasteiger partial charge in [0.2, 0.25) is 0 Å². The van der Waals surface area contributed by atoms with Crippen LogP contribution in [0.15, 0.2) is 18.3 Å². The van der Waals surface area contributed by atoms with E-state index < -0.39 is 11.9 Å². The number of pyridine rings is 1. The van der Waals surface area contributed by atoms with Crippen molar-refractivity contribution >= 4 is 5.97 Å². The maximum Gasteiger partial charge on any atom is 0.329 e. The molecule has 17 heavy (non-hydrogen) atoms. The van der Waals surface area contributed by atoms with Crippen LogP contribution in [0.5, 0.6) is 5.75 Å². The van der Waals surface area contributed by atoms with Crippen LogP contribution in [0.3, 0.4) is 0 Å². The second kappa shape index (κ2) is 6.48. The molecule has 0 aliphatic carbocycles. The highest BCUT2D eigenvalue weighted by Gasteiger charge is 2.26. The molecule has 0 bridgehead atoms. The number of rotatable bonds is 5. The van der Waals surface area contributed by atoms with Gasteiger partial charge in [0, 0.05) is 6.20 Å². The fourth-order valence-electron chi connectivity index (χ4n) is 1.35. The topological polar surface area (TPSA) is 72.2 Å². The average Bonchev–Trinajstić information content (AvgIpc) is 2.33. The number of aromatic nitrogens is 1. The van der Waals surface area contributed by atoms with Gasteiger partial charge in [-0.1, -0.05) is 0 Å². The SMILES string of the molecule is CCOC(=O)C(C#N)c1ncccc1OCC. The number of carbonyl (C=O) groups excluding carboxylic acids is 1. The molecule has 1 aromatic rings. The van der Waals surface area contributed by atoms with Gasteiger partial charge in [-0.25, -0.2) is 0 Å². The van der Waals surface area contributed by atoms with Crippen LogP contribution in [-0.2, 0) is 9.53 Å². The molecule has 5 heteroatoms. The number of nitriles is 1. The van der Waals surface area contributed by atoms with E-state index in [4.69, 9.17) is 14.7 Å². The molecule has 0 spiro atoms. The van der Waals surface area contributed by atoms with Gasteiger partial charge in [0.25, 0.3) is 0 Å². The van der Waals surface area contributed by atoms with Crippen LogP contribution in [0.1, 0.15) is 25.5 Å². The highest BCUT2D eigenvalue weighted by Crippen LogP contribution is 2.24. The second-order valence-corrected chi connectivity index (χ2v) is 3.13. The number of hydrogen-bond donors (Lipinski definition) is 0. The Labute approximate surface area is 100.0 Å². The zero-order valence-electron chi connectivity index (χ0n) is 9.84. The summed E-state index contributed by atoms with van der Waals surface area (Å²) in [4.78, 5) is 15.6. The highest BCUT2D eigenvalue weighted by atomic mass is 16.5. The summed E-state index contributed by atoms with van der Waals surface area (Å²) in [5.74, 6) is -1.21. The standard InChI is InChI=1S/C12H14N2O3/c1-3-16-10-6-5-7-14-11(10)9(8-13)12(15)17-4-2/h5-7,9H,3-4H2,1-2H3. The molecule has 90 valence electrons. The van der Waals surface area contributed by atoms with E-state index in [2.05, 4.69) is 4.98 Å². The molecule has 1 unspecified atom stereocenters. The van der Waals surface area contributed by atoms with Gasteiger partial charge in [-0.05, 0) is 26.0 Å². The normalized spacial score (nSPS) is 11.4. The summed E-state index contributed by atoms with van der Waals surface area (Å²) in [6.45, 7) is 4.18. The van der Waals surface area contributed by atoms with Crippen molar-refractivity contribution in [3.05, 3.63) is 24.0 Å². The van der Waals surface area contributed by atoms with E-state index in [1.54, 1.807) is 19.1 Å². The van der Waals surface area contributed by atoms with Crippen molar-refractivity contribution in [2.75, 3.05) is 13.2 Å². The summed E-state index contributed by atoms with van der Waals surface area (Å²) < 4.78 is 10.2. The molecule has 0 aliphatic heterocycles. The maximum atomic E-state index is 11.6. The zero-order chi connectivity index (χ0) is 12.7. The van der Waals surface area contributed by atoms with Gasteiger partial charge in [-0.2, -0.15) is 5.26 Å². The Morgan fingerprint density at radius 1 is 1.53 bits per heavy atom. The van der Waals surface area contributed by atoms with E-state index in [0.717, 1.165) is 0 Å². The first-order valence-corrected chi connectivity index (χ1v) is 5.38. The number of ether oxygens (including phenoxy) is 2. The zero-order valence-corrected chi connectivity index (χ0v) is 9.84. The molecule has 1 rings (SSSR count). The Hall–Kier alpha value is -2.09. The molecule has 5 nitrogen and oxygen atoms in total. The number of esters is 1. The Morgan fingerprint density at radius 2 is 2.29 bits per heavy atom. The van der Waals surface area contributed by atoms with Crippen LogP contribution in [-0.4, -0.2) is 24.2 Å². The summed E-state index contributed by atoms with van der Waals surface area (Å²) in [7, 11) is 0. The Balaban J connectivity index is 3.03. The van der Waals surface area contributed by atoms with E-state index in [-0.39, 0.29) is 6.61 Å². The first-order chi connectivity index (χ1) is 8.24. The van der Waals surface area contributed by atoms with E-state index in [0.29, 0.717) is 18.1 Å². The predicted molar refractivity (Wildman–Crippen MR) is 60.4 cm³/mol. The average molecular weight is 234 g/mol. The highest BCUT2D eigenvalue weighted by molar-refractivity contribution is 5.81. The van der Waals surface area contributed by atoms with Crippen molar-refractivity contribution in [2.24, 2.45) is 0 Å². The van der Waals surface area contributed by atoms with Crippen molar-refractivity contribution in [3.63, 3.8) is 0 Å². The molecule has 1 atom stereocenters. The lowest BCUT2D eigenvalue weighted by atomic mass is 10.1. The molecule has 0 radical (unpaired) electrons. The number of hydrogen-bond acceptors (Lipinski definition) is 5. The lowest BCUT2D eigenvalue weighted by Crippen LogP contribution is -2.16. The number of nitrogens with zero attached hydrogens (tertiary/aromatic N) is 2. The van der Waals surface area contributed by atoms with Crippen LogP contribution >= 0.6 is 0 Å². The van der Waals surface area contributed by atoms with Crippen molar-refractivity contribution in [1.29, 1.82) is 5.26 Å². The summed E-state index contributed by atoms with van der Waals surface area (Å²) in [6.07, 6.45) is 1.52. The third-order valence-electron chi connectivity index (χ3n) is 2.02. The second-order valence-electron chi connectivity index (χ2n) is 3.13. The third kappa shape index (κ3) is 3.18. The summed E-state index contributed by atoms with van der Waals surface area (Å²) >= 11 is 0. The molecular formula is C12H14N2O3. The Bertz CT molecular complexity index is 426. The molecule has 0 saturated carbocycles. The third-order valence-corrected chi connectivity index (χ3v) is 2.02. The fourth-order valence-corrected chi connectivity index (χ4v) is 1.35. The fraction of sp³-hybridized carbons (Fsp3) is 0.417. The maximum absolute atomic E-state index is 11.6. The number of carbonyl (C=O) groups is 1. The van der Waals surface area contributed by atoms with Crippen LogP contribution < -0.4 is 4.74 Å². The van der Waals surface area contributed by atoms with Gasteiger partial charge in [-0.3, -0.25) is 9.78 Å². The largest absolute Gasteiger partial charge is 0.492 e. The molecule has 1 heterocycles. The minimum atomic E-state index is -1.04. The van der Waals surface area contributed by atoms with Gasteiger partial charge in [0.05, 0.1) is 19.3 Å². The van der Waals surface area contributed by atoms with Gasteiger partial charge in [-0.15, -0.1) is 0 Å². The van der Waals surface area contributed by atoms with Crippen LogP contribution in [0, 0.1) is 11.3 Å². The molecule has 0 aromatic carbocycles. The molecular weight excluding hydrogens is 220 g/mol. The van der Waals surface area contributed by atoms with E-state index in [1.165, 1.54) is 6.20 Å². The Kier molecular flexibility index (Phi) is 4.95. The van der Waals surface area contributed by atoms with Gasteiger partial charge in [0.15, 0.2) is 5.92 Å². The Morgan fingerprint density at radius 3 is 2.88 bits per heavy atom. The van der Waals surface area contributed by atoms with Crippen LogP contribution in [0.2, 0.25) is 0 Å². The molecule has 0 saturated heterocycles. The predicted octanol–water partition coefficient (Wildman–Crippen LogP) is 1.65. The van der Waals surface area contributed by atoms with Crippen molar-refractivity contribution in [1.82, 2.24) is 4.98 Å².